The van der Waals surface area contributed by atoms with Crippen molar-refractivity contribution in [3.63, 3.8) is 0 Å². The zero-order chi connectivity index (χ0) is 17.9. The minimum Gasteiger partial charge on any atom is -0.345 e. The third-order valence-electron chi connectivity index (χ3n) is 5.96. The monoisotopic (exact) mass is 373 g/mol. The van der Waals surface area contributed by atoms with E-state index in [0.29, 0.717) is 11.8 Å². The van der Waals surface area contributed by atoms with Gasteiger partial charge in [0.1, 0.15) is 0 Å². The van der Waals surface area contributed by atoms with Crippen LogP contribution >= 0.6 is 0 Å². The van der Waals surface area contributed by atoms with Crippen molar-refractivity contribution in [1.82, 2.24) is 24.1 Å². The molecule has 0 amide bonds. The van der Waals surface area contributed by atoms with E-state index in [1.54, 1.807) is 6.20 Å². The molecule has 0 bridgehead atoms. The highest BCUT2D eigenvalue weighted by atomic mass is 32.2. The number of aromatic amines is 1. The quantitative estimate of drug-likeness (QED) is 0.719. The Labute approximate surface area is 152 Å². The highest BCUT2D eigenvalue weighted by molar-refractivity contribution is 7.90. The number of nitrogens with one attached hydrogen (secondary N) is 2. The molecule has 8 heteroatoms. The summed E-state index contributed by atoms with van der Waals surface area (Å²) in [6.45, 7) is 2.19. The molecule has 3 heterocycles. The normalized spacial score (nSPS) is 26.9. The molecule has 2 aliphatic carbocycles. The molecule has 138 valence electrons. The lowest BCUT2D eigenvalue weighted by atomic mass is 9.91. The van der Waals surface area contributed by atoms with Gasteiger partial charge in [0.05, 0.1) is 17.0 Å². The number of aromatic nitrogens is 4. The van der Waals surface area contributed by atoms with Crippen molar-refractivity contribution in [1.29, 1.82) is 0 Å². The van der Waals surface area contributed by atoms with Gasteiger partial charge in [-0.25, -0.2) is 23.1 Å². The van der Waals surface area contributed by atoms with Gasteiger partial charge in [0.15, 0.2) is 11.3 Å². The molecule has 2 N–H and O–H groups in total. The fraction of sp³-hybridized carbons (Fsp3) is 0.556. The van der Waals surface area contributed by atoms with Crippen molar-refractivity contribution in [3.05, 3.63) is 30.4 Å². The Kier molecular flexibility index (Phi) is 3.62. The van der Waals surface area contributed by atoms with E-state index in [4.69, 9.17) is 0 Å². The van der Waals surface area contributed by atoms with Gasteiger partial charge in [0.2, 0.25) is 10.0 Å². The molecular formula is C18H23N5O2S. The van der Waals surface area contributed by atoms with Crippen molar-refractivity contribution < 1.29 is 8.42 Å². The van der Waals surface area contributed by atoms with Gasteiger partial charge in [-0.3, -0.25) is 4.40 Å². The van der Waals surface area contributed by atoms with Crippen LogP contribution in [0.3, 0.4) is 0 Å². The Bertz CT molecular complexity index is 1070. The Hall–Kier alpha value is -1.93. The molecular weight excluding hydrogens is 350 g/mol. The van der Waals surface area contributed by atoms with Crippen LogP contribution in [0, 0.1) is 5.92 Å². The summed E-state index contributed by atoms with van der Waals surface area (Å²) in [5.41, 5.74) is 3.86. The van der Waals surface area contributed by atoms with E-state index in [-0.39, 0.29) is 11.3 Å². The molecule has 0 aliphatic heterocycles. The molecule has 2 saturated carbocycles. The zero-order valence-corrected chi connectivity index (χ0v) is 15.5. The molecule has 7 nitrogen and oxygen atoms in total. The predicted octanol–water partition coefficient (Wildman–Crippen LogP) is 2.56. The lowest BCUT2D eigenvalue weighted by Gasteiger charge is -2.17. The second-order valence-electron chi connectivity index (χ2n) is 7.65. The molecule has 2 aliphatic rings. The average molecular weight is 373 g/mol. The van der Waals surface area contributed by atoms with Crippen molar-refractivity contribution >= 4 is 26.8 Å². The standard InChI is InChI=1S/C18H23N5O2S/c1-2-11-7-12(22-26(24,25)13-3-4-13)8-14(11)16-9-20-17-10-21-18-15(23(16)17)5-6-19-18/h5-6,9-14,19,22H,2-4,7-8H2,1H3/t11-,12+,14-/m1/s1. The van der Waals surface area contributed by atoms with Crippen LogP contribution < -0.4 is 4.72 Å². The van der Waals surface area contributed by atoms with Gasteiger partial charge in [0, 0.05) is 30.0 Å². The smallest absolute Gasteiger partial charge is 0.214 e. The lowest BCUT2D eigenvalue weighted by molar-refractivity contribution is 0.457. The minimum atomic E-state index is -3.15. The van der Waals surface area contributed by atoms with Gasteiger partial charge in [-0.1, -0.05) is 13.3 Å². The third-order valence-corrected chi connectivity index (χ3v) is 7.97. The second-order valence-corrected chi connectivity index (χ2v) is 9.64. The summed E-state index contributed by atoms with van der Waals surface area (Å²) in [5.74, 6) is 0.742. The SMILES string of the molecule is CC[C@@H]1C[C@H](NS(=O)(=O)C2CC2)C[C@H]1c1cnc2cnc3[nH]ccc3n12. The van der Waals surface area contributed by atoms with Crippen molar-refractivity contribution in [2.24, 2.45) is 5.92 Å². The molecule has 0 radical (unpaired) electrons. The number of imidazole rings is 1. The summed E-state index contributed by atoms with van der Waals surface area (Å²) in [6, 6.07) is 2.04. The number of hydrogen-bond donors (Lipinski definition) is 2. The van der Waals surface area contributed by atoms with Gasteiger partial charge < -0.3 is 4.98 Å². The molecule has 0 spiro atoms. The van der Waals surface area contributed by atoms with Crippen molar-refractivity contribution in [3.8, 4) is 0 Å². The first kappa shape index (κ1) is 16.3. The molecule has 2 fully saturated rings. The van der Waals surface area contributed by atoms with Crippen LogP contribution in [-0.4, -0.2) is 39.1 Å². The maximum atomic E-state index is 12.3. The van der Waals surface area contributed by atoms with Gasteiger partial charge in [-0.15, -0.1) is 0 Å². The van der Waals surface area contributed by atoms with Crippen molar-refractivity contribution in [2.45, 2.75) is 56.2 Å². The fourth-order valence-corrected chi connectivity index (χ4v) is 6.10. The first-order chi connectivity index (χ1) is 12.6. The van der Waals surface area contributed by atoms with Crippen LogP contribution in [0.5, 0.6) is 0 Å². The summed E-state index contributed by atoms with van der Waals surface area (Å²) < 4.78 is 29.8. The summed E-state index contributed by atoms with van der Waals surface area (Å²) >= 11 is 0. The Morgan fingerprint density at radius 2 is 2.12 bits per heavy atom. The predicted molar refractivity (Wildman–Crippen MR) is 99.5 cm³/mol. The van der Waals surface area contributed by atoms with E-state index in [9.17, 15) is 8.42 Å². The maximum absolute atomic E-state index is 12.3. The van der Waals surface area contributed by atoms with E-state index < -0.39 is 10.0 Å². The fourth-order valence-electron chi connectivity index (χ4n) is 4.50. The number of sulfonamides is 1. The molecule has 3 aromatic heterocycles. The van der Waals surface area contributed by atoms with Crippen LogP contribution in [0.25, 0.3) is 16.8 Å². The van der Waals surface area contributed by atoms with Gasteiger partial charge in [0.25, 0.3) is 0 Å². The first-order valence-corrected chi connectivity index (χ1v) is 10.9. The summed E-state index contributed by atoms with van der Waals surface area (Å²) in [4.78, 5) is 12.1. The van der Waals surface area contributed by atoms with Crippen LogP contribution in [-0.2, 0) is 10.0 Å². The number of hydrogen-bond acceptors (Lipinski definition) is 4. The minimum absolute atomic E-state index is 0.0182. The number of nitrogens with zero attached hydrogens (tertiary/aromatic N) is 3. The first-order valence-electron chi connectivity index (χ1n) is 9.37. The van der Waals surface area contributed by atoms with Crippen LogP contribution in [0.2, 0.25) is 0 Å². The topological polar surface area (TPSA) is 92.2 Å². The van der Waals surface area contributed by atoms with E-state index in [1.165, 1.54) is 0 Å². The maximum Gasteiger partial charge on any atom is 0.214 e. The largest absolute Gasteiger partial charge is 0.345 e. The van der Waals surface area contributed by atoms with Crippen LogP contribution in [0.1, 0.15) is 50.6 Å². The lowest BCUT2D eigenvalue weighted by Crippen LogP contribution is -2.35. The highest BCUT2D eigenvalue weighted by Gasteiger charge is 2.41. The van der Waals surface area contributed by atoms with E-state index >= 15 is 0 Å². The third kappa shape index (κ3) is 2.54. The van der Waals surface area contributed by atoms with Gasteiger partial charge in [-0.05, 0) is 37.7 Å². The molecule has 5 rings (SSSR count). The van der Waals surface area contributed by atoms with Gasteiger partial charge in [-0.2, -0.15) is 0 Å². The van der Waals surface area contributed by atoms with Crippen LogP contribution in [0.15, 0.2) is 24.7 Å². The second kappa shape index (κ2) is 5.79. The molecule has 3 atom stereocenters. The van der Waals surface area contributed by atoms with E-state index in [2.05, 4.69) is 31.0 Å². The summed E-state index contributed by atoms with van der Waals surface area (Å²) in [7, 11) is -3.15. The molecule has 26 heavy (non-hydrogen) atoms. The van der Waals surface area contributed by atoms with Crippen molar-refractivity contribution in [2.75, 3.05) is 0 Å². The van der Waals surface area contributed by atoms with E-state index in [0.717, 1.165) is 54.6 Å². The number of H-pyrrole nitrogens is 1. The van der Waals surface area contributed by atoms with E-state index in [1.807, 2.05) is 18.5 Å². The van der Waals surface area contributed by atoms with Crippen LogP contribution in [0.4, 0.5) is 0 Å². The average Bonchev–Trinajstić information content (AvgIpc) is 3.06. The Morgan fingerprint density at radius 3 is 2.88 bits per heavy atom. The van der Waals surface area contributed by atoms with Gasteiger partial charge >= 0.3 is 0 Å². The zero-order valence-electron chi connectivity index (χ0n) is 14.7. The Morgan fingerprint density at radius 1 is 1.27 bits per heavy atom. The molecule has 0 saturated heterocycles. The molecule has 3 aromatic rings. The Balaban J connectivity index is 1.50. The molecule has 0 aromatic carbocycles. The summed E-state index contributed by atoms with van der Waals surface area (Å²) in [6.07, 6.45) is 9.96. The number of rotatable bonds is 5. The number of fused-ring (bicyclic) bond motifs is 3. The molecule has 0 unspecified atom stereocenters. The highest BCUT2D eigenvalue weighted by Crippen LogP contribution is 2.43. The summed E-state index contributed by atoms with van der Waals surface area (Å²) in [5, 5.41) is -0.164.